The number of hydrogen-bond donors (Lipinski definition) is 2. The Balaban J connectivity index is 1.66. The molecule has 2 N–H and O–H groups in total. The van der Waals surface area contributed by atoms with Gasteiger partial charge in [-0.25, -0.2) is 0 Å². The van der Waals surface area contributed by atoms with Crippen LogP contribution in [0, 0.1) is 11.8 Å². The third kappa shape index (κ3) is 8.05. The average molecular weight is 731 g/mol. The highest BCUT2D eigenvalue weighted by Gasteiger charge is 2.77. The molecule has 264 valence electrons. The van der Waals surface area contributed by atoms with Gasteiger partial charge in [0.1, 0.15) is 17.7 Å². The monoisotopic (exact) mass is 729 g/mol. The number of carbonyl (C=O) groups is 4. The number of hydrogen-bond acceptors (Lipinski definition) is 7. The van der Waals surface area contributed by atoms with E-state index in [0.29, 0.717) is 57.3 Å². The molecule has 3 fully saturated rings. The molecule has 3 aliphatic heterocycles. The maximum absolute atomic E-state index is 14.5. The van der Waals surface area contributed by atoms with E-state index in [4.69, 9.17) is 9.47 Å². The molecule has 3 saturated heterocycles. The van der Waals surface area contributed by atoms with Gasteiger partial charge in [-0.15, -0.1) is 13.2 Å². The number of rotatable bonds is 20. The van der Waals surface area contributed by atoms with Gasteiger partial charge in [0, 0.05) is 37.5 Å². The number of alkyl halides is 1. The third-order valence-electron chi connectivity index (χ3n) is 9.83. The van der Waals surface area contributed by atoms with Crippen LogP contribution in [0.2, 0.25) is 0 Å². The number of esters is 1. The van der Waals surface area contributed by atoms with Crippen LogP contribution in [-0.4, -0.2) is 93.5 Å². The molecule has 3 aliphatic rings. The number of nitrogens with one attached hydrogen (secondary N) is 1. The van der Waals surface area contributed by atoms with Crippen molar-refractivity contribution in [3.8, 4) is 0 Å². The minimum absolute atomic E-state index is 0.0487. The summed E-state index contributed by atoms with van der Waals surface area (Å²) in [6, 6.07) is 7.76. The summed E-state index contributed by atoms with van der Waals surface area (Å²) in [5.41, 5.74) is -0.495. The van der Waals surface area contributed by atoms with E-state index >= 15 is 0 Å². The number of aliphatic hydroxyl groups excluding tert-OH is 1. The van der Waals surface area contributed by atoms with Gasteiger partial charge < -0.3 is 29.7 Å². The Bertz CT molecular complexity index is 1290. The molecule has 1 aromatic rings. The summed E-state index contributed by atoms with van der Waals surface area (Å²) in [4.78, 5) is 59.1. The molecule has 8 atom stereocenters. The molecule has 4 rings (SSSR count). The lowest BCUT2D eigenvalue weighted by molar-refractivity contribution is -0.162. The first-order valence-corrected chi connectivity index (χ1v) is 18.3. The van der Waals surface area contributed by atoms with E-state index in [1.165, 1.54) is 0 Å². The molecule has 0 radical (unpaired) electrons. The zero-order chi connectivity index (χ0) is 34.8. The molecule has 48 heavy (non-hydrogen) atoms. The Kier molecular flexibility index (Phi) is 13.8. The summed E-state index contributed by atoms with van der Waals surface area (Å²) >= 11 is 3.74. The number of allylic oxidation sites excluding steroid dienone is 1. The highest BCUT2D eigenvalue weighted by molar-refractivity contribution is 9.09. The quantitative estimate of drug-likeness (QED) is 0.0851. The first kappa shape index (κ1) is 37.8. The number of carbonyl (C=O) groups excluding carboxylic acids is 4. The number of benzene rings is 1. The number of aliphatic hydroxyl groups is 1. The maximum Gasteiger partial charge on any atom is 0.313 e. The zero-order valence-electron chi connectivity index (χ0n) is 28.4. The van der Waals surface area contributed by atoms with Crippen molar-refractivity contribution in [2.45, 2.75) is 106 Å². The molecule has 0 aromatic heterocycles. The van der Waals surface area contributed by atoms with Gasteiger partial charge in [0.15, 0.2) is 0 Å². The number of amides is 3. The Morgan fingerprint density at radius 1 is 1.17 bits per heavy atom. The van der Waals surface area contributed by atoms with Gasteiger partial charge >= 0.3 is 5.97 Å². The van der Waals surface area contributed by atoms with Crippen LogP contribution in [-0.2, 0) is 28.7 Å². The van der Waals surface area contributed by atoms with Gasteiger partial charge in [0.05, 0.1) is 24.0 Å². The van der Waals surface area contributed by atoms with Crippen molar-refractivity contribution in [3.05, 3.63) is 61.2 Å². The molecule has 3 heterocycles. The first-order chi connectivity index (χ1) is 23.1. The summed E-state index contributed by atoms with van der Waals surface area (Å²) in [5, 5.41) is 12.3. The van der Waals surface area contributed by atoms with Crippen molar-refractivity contribution in [1.29, 1.82) is 0 Å². The maximum atomic E-state index is 14.5. The van der Waals surface area contributed by atoms with Crippen LogP contribution in [0.1, 0.15) is 83.3 Å². The molecule has 0 saturated carbocycles. The van der Waals surface area contributed by atoms with E-state index in [-0.39, 0.29) is 35.6 Å². The van der Waals surface area contributed by atoms with Crippen molar-refractivity contribution in [2.75, 3.05) is 26.2 Å². The van der Waals surface area contributed by atoms with Gasteiger partial charge in [-0.1, -0.05) is 78.2 Å². The fourth-order valence-electron chi connectivity index (χ4n) is 7.60. The van der Waals surface area contributed by atoms with Crippen LogP contribution in [0.3, 0.4) is 0 Å². The van der Waals surface area contributed by atoms with Crippen LogP contribution in [0.4, 0.5) is 0 Å². The lowest BCUT2D eigenvalue weighted by Gasteiger charge is -2.37. The summed E-state index contributed by atoms with van der Waals surface area (Å²) in [5.74, 6) is -3.10. The summed E-state index contributed by atoms with van der Waals surface area (Å²) in [6.45, 7) is 12.7. The highest BCUT2D eigenvalue weighted by Crippen LogP contribution is 2.60. The van der Waals surface area contributed by atoms with Crippen LogP contribution >= 0.6 is 15.9 Å². The molecule has 1 spiro atoms. The third-order valence-corrected chi connectivity index (χ3v) is 10.7. The van der Waals surface area contributed by atoms with E-state index < -0.39 is 47.7 Å². The van der Waals surface area contributed by atoms with E-state index in [0.717, 1.165) is 19.3 Å². The van der Waals surface area contributed by atoms with E-state index in [1.807, 2.05) is 30.3 Å². The van der Waals surface area contributed by atoms with Gasteiger partial charge in [0.2, 0.25) is 17.7 Å². The largest absolute Gasteiger partial charge is 0.455 e. The van der Waals surface area contributed by atoms with Crippen LogP contribution in [0.25, 0.3) is 0 Å². The fourth-order valence-corrected chi connectivity index (χ4v) is 8.55. The van der Waals surface area contributed by atoms with Crippen molar-refractivity contribution < 1.29 is 33.8 Å². The molecule has 1 aromatic carbocycles. The zero-order valence-corrected chi connectivity index (χ0v) is 29.9. The van der Waals surface area contributed by atoms with Gasteiger partial charge in [-0.2, -0.15) is 0 Å². The minimum atomic E-state index is -1.20. The molecular formula is C37H52BrN3O7. The standard InChI is InChI=1S/C37H52BrN3O7/c1-5-8-14-21-40(20-7-3)35(45)33-37-24-27(38)32(48-37)29(30(37)34(44)41(33)22-15-11-16-23-42)36(46)47-31(26-17-12-10-13-18-26)25(4)39-28(43)19-9-6-2/h6-7,10,12-13,17-18,25,27,29-33,42H,2-3,5,8-9,11,14-16,19-24H2,1,4H3,(H,39,43)/t25-,27?,29-,30+,31-,32-,33-,37+/m1/s1. The van der Waals surface area contributed by atoms with Gasteiger partial charge in [-0.05, 0) is 51.0 Å². The number of unbranched alkanes of at least 4 members (excludes halogenated alkanes) is 4. The number of fused-ring (bicyclic) bond motifs is 1. The Morgan fingerprint density at radius 3 is 2.58 bits per heavy atom. The molecule has 10 nitrogen and oxygen atoms in total. The smallest absolute Gasteiger partial charge is 0.313 e. The average Bonchev–Trinajstić information content (AvgIpc) is 3.67. The van der Waals surface area contributed by atoms with Crippen molar-refractivity contribution in [1.82, 2.24) is 15.1 Å². The minimum Gasteiger partial charge on any atom is -0.455 e. The summed E-state index contributed by atoms with van der Waals surface area (Å²) in [7, 11) is 0. The predicted molar refractivity (Wildman–Crippen MR) is 187 cm³/mol. The van der Waals surface area contributed by atoms with Crippen molar-refractivity contribution >= 4 is 39.6 Å². The second-order valence-corrected chi connectivity index (χ2v) is 14.4. The second-order valence-electron chi connectivity index (χ2n) is 13.2. The van der Waals surface area contributed by atoms with Crippen LogP contribution < -0.4 is 5.32 Å². The number of nitrogens with zero attached hydrogens (tertiary/aromatic N) is 2. The van der Waals surface area contributed by atoms with Crippen molar-refractivity contribution in [2.24, 2.45) is 11.8 Å². The van der Waals surface area contributed by atoms with Crippen LogP contribution in [0.15, 0.2) is 55.6 Å². The Labute approximate surface area is 293 Å². The summed E-state index contributed by atoms with van der Waals surface area (Å²) < 4.78 is 13.0. The molecule has 2 bridgehead atoms. The Hall–Kier alpha value is -3.02. The topological polar surface area (TPSA) is 125 Å². The van der Waals surface area contributed by atoms with Crippen LogP contribution in [0.5, 0.6) is 0 Å². The molecule has 11 heteroatoms. The highest BCUT2D eigenvalue weighted by atomic mass is 79.9. The normalized spacial score (nSPS) is 26.9. The molecule has 1 unspecified atom stereocenters. The first-order valence-electron chi connectivity index (χ1n) is 17.4. The number of likely N-dealkylation sites (tertiary alicyclic amines) is 1. The van der Waals surface area contributed by atoms with E-state index in [1.54, 1.807) is 28.9 Å². The summed E-state index contributed by atoms with van der Waals surface area (Å²) in [6.07, 6.45) is 7.75. The number of halogens is 1. The van der Waals surface area contributed by atoms with E-state index in [9.17, 15) is 24.3 Å². The lowest BCUT2D eigenvalue weighted by atomic mass is 9.70. The predicted octanol–water partition coefficient (Wildman–Crippen LogP) is 4.86. The SMILES string of the molecule is C=CCCC(=O)N[C@H](C)[C@@H](OC(=O)[C@H]1[C@@H]2O[C@@]3(CC2Br)[C@@H]1C(=O)N(CCCCCO)[C@@H]3C(=O)N(CC=C)CCCCC)c1ccccc1. The number of ether oxygens (including phenoxy) is 2. The Morgan fingerprint density at radius 2 is 1.92 bits per heavy atom. The second kappa shape index (κ2) is 17.6. The van der Waals surface area contributed by atoms with Gasteiger partial charge in [-0.3, -0.25) is 19.2 Å². The lowest BCUT2D eigenvalue weighted by Crippen LogP contribution is -2.57. The fraction of sp³-hybridized carbons (Fsp3) is 0.622. The molecule has 0 aliphatic carbocycles. The molecular weight excluding hydrogens is 678 g/mol. The molecule has 3 amide bonds. The van der Waals surface area contributed by atoms with Crippen molar-refractivity contribution in [3.63, 3.8) is 0 Å². The van der Waals surface area contributed by atoms with E-state index in [2.05, 4.69) is 41.3 Å². The van der Waals surface area contributed by atoms with Gasteiger partial charge in [0.25, 0.3) is 0 Å².